The molecule has 20 heavy (non-hydrogen) atoms. The normalized spacial score (nSPS) is 18.9. The van der Waals surface area contributed by atoms with E-state index in [1.165, 1.54) is 6.07 Å². The average Bonchev–Trinajstić information content (AvgIpc) is 2.45. The van der Waals surface area contributed by atoms with Crippen LogP contribution in [0.2, 0.25) is 0 Å². The predicted octanol–water partition coefficient (Wildman–Crippen LogP) is 1.55. The molecule has 0 spiro atoms. The summed E-state index contributed by atoms with van der Waals surface area (Å²) in [5.41, 5.74) is -0.163. The first-order valence-corrected chi connectivity index (χ1v) is 6.40. The van der Waals surface area contributed by atoms with E-state index in [9.17, 15) is 20.0 Å². The number of nitro groups is 1. The van der Waals surface area contributed by atoms with E-state index in [-0.39, 0.29) is 17.5 Å². The van der Waals surface area contributed by atoms with E-state index >= 15 is 0 Å². The quantitative estimate of drug-likeness (QED) is 0.669. The zero-order chi connectivity index (χ0) is 14.7. The molecule has 108 valence electrons. The first kappa shape index (κ1) is 14.3. The van der Waals surface area contributed by atoms with Crippen LogP contribution in [0.5, 0.6) is 5.75 Å². The summed E-state index contributed by atoms with van der Waals surface area (Å²) in [6, 6.07) is 3.64. The molecule has 1 atom stereocenters. The Balaban J connectivity index is 2.24. The Bertz CT molecular complexity index is 531. The SMILES string of the molecule is CCC1COCCN1C(=O)c1ccc([N+](=O)[O-])c(O)c1. The van der Waals surface area contributed by atoms with Crippen molar-refractivity contribution in [2.45, 2.75) is 19.4 Å². The van der Waals surface area contributed by atoms with Gasteiger partial charge in [0, 0.05) is 18.2 Å². The van der Waals surface area contributed by atoms with Gasteiger partial charge in [-0.2, -0.15) is 0 Å². The Kier molecular flexibility index (Phi) is 4.19. The van der Waals surface area contributed by atoms with E-state index in [4.69, 9.17) is 4.74 Å². The van der Waals surface area contributed by atoms with Crippen LogP contribution >= 0.6 is 0 Å². The van der Waals surface area contributed by atoms with Gasteiger partial charge in [-0.1, -0.05) is 6.92 Å². The van der Waals surface area contributed by atoms with Gasteiger partial charge >= 0.3 is 5.69 Å². The number of carbonyl (C=O) groups is 1. The Labute approximate surface area is 115 Å². The average molecular weight is 280 g/mol. The molecule has 1 aromatic carbocycles. The molecule has 2 rings (SSSR count). The minimum atomic E-state index is -0.687. The third-order valence-corrected chi connectivity index (χ3v) is 3.38. The first-order chi connectivity index (χ1) is 9.54. The van der Waals surface area contributed by atoms with Crippen LogP contribution in [0.3, 0.4) is 0 Å². The molecular weight excluding hydrogens is 264 g/mol. The molecule has 7 nitrogen and oxygen atoms in total. The number of carbonyl (C=O) groups excluding carboxylic acids is 1. The summed E-state index contributed by atoms with van der Waals surface area (Å²) in [6.45, 7) is 3.41. The molecule has 7 heteroatoms. The Morgan fingerprint density at radius 2 is 2.35 bits per heavy atom. The highest BCUT2D eigenvalue weighted by molar-refractivity contribution is 5.95. The molecule has 1 unspecified atom stereocenters. The monoisotopic (exact) mass is 280 g/mol. The van der Waals surface area contributed by atoms with Crippen LogP contribution in [0.15, 0.2) is 18.2 Å². The van der Waals surface area contributed by atoms with Crippen LogP contribution < -0.4 is 0 Å². The largest absolute Gasteiger partial charge is 0.502 e. The van der Waals surface area contributed by atoms with Gasteiger partial charge in [0.05, 0.1) is 24.2 Å². The molecule has 1 aliphatic rings. The second-order valence-corrected chi connectivity index (χ2v) is 4.60. The van der Waals surface area contributed by atoms with Crippen molar-refractivity contribution in [2.24, 2.45) is 0 Å². The van der Waals surface area contributed by atoms with Crippen LogP contribution in [-0.2, 0) is 4.74 Å². The van der Waals surface area contributed by atoms with Gasteiger partial charge in [0.1, 0.15) is 0 Å². The maximum Gasteiger partial charge on any atom is 0.310 e. The van der Waals surface area contributed by atoms with Crippen molar-refractivity contribution < 1.29 is 19.6 Å². The molecular formula is C13H16N2O5. The zero-order valence-corrected chi connectivity index (χ0v) is 11.1. The van der Waals surface area contributed by atoms with Crippen molar-refractivity contribution in [3.05, 3.63) is 33.9 Å². The predicted molar refractivity (Wildman–Crippen MR) is 70.7 cm³/mol. The highest BCUT2D eigenvalue weighted by Crippen LogP contribution is 2.27. The number of rotatable bonds is 3. The van der Waals surface area contributed by atoms with Crippen LogP contribution in [0.4, 0.5) is 5.69 Å². The summed E-state index contributed by atoms with van der Waals surface area (Å²) in [5.74, 6) is -0.743. The highest BCUT2D eigenvalue weighted by Gasteiger charge is 2.27. The van der Waals surface area contributed by atoms with Crippen LogP contribution in [0, 0.1) is 10.1 Å². The van der Waals surface area contributed by atoms with E-state index in [0.717, 1.165) is 18.6 Å². The summed E-state index contributed by atoms with van der Waals surface area (Å²) in [6.07, 6.45) is 0.769. The van der Waals surface area contributed by atoms with Gasteiger partial charge in [-0.3, -0.25) is 14.9 Å². The fraction of sp³-hybridized carbons (Fsp3) is 0.462. The lowest BCUT2D eigenvalue weighted by molar-refractivity contribution is -0.385. The third-order valence-electron chi connectivity index (χ3n) is 3.38. The lowest BCUT2D eigenvalue weighted by Crippen LogP contribution is -2.48. The fourth-order valence-corrected chi connectivity index (χ4v) is 2.24. The maximum absolute atomic E-state index is 12.4. The topological polar surface area (TPSA) is 92.9 Å². The van der Waals surface area contributed by atoms with Crippen molar-refractivity contribution in [1.29, 1.82) is 0 Å². The van der Waals surface area contributed by atoms with Crippen LogP contribution in [0.25, 0.3) is 0 Å². The maximum atomic E-state index is 12.4. The minimum Gasteiger partial charge on any atom is -0.502 e. The lowest BCUT2D eigenvalue weighted by atomic mass is 10.1. The standard InChI is InChI=1S/C13H16N2O5/c1-2-10-8-20-6-5-14(10)13(17)9-3-4-11(15(18)19)12(16)7-9/h3-4,7,10,16H,2,5-6,8H2,1H3. The number of benzene rings is 1. The number of nitrogens with zero attached hydrogens (tertiary/aromatic N) is 2. The Hall–Kier alpha value is -2.15. The molecule has 1 fully saturated rings. The van der Waals surface area contributed by atoms with Crippen LogP contribution in [0.1, 0.15) is 23.7 Å². The molecule has 1 amide bonds. The number of ether oxygens (including phenoxy) is 1. The second kappa shape index (κ2) is 5.87. The van der Waals surface area contributed by atoms with E-state index < -0.39 is 16.4 Å². The number of phenols is 1. The Morgan fingerprint density at radius 3 is 2.95 bits per heavy atom. The smallest absolute Gasteiger partial charge is 0.310 e. The molecule has 1 N–H and O–H groups in total. The van der Waals surface area contributed by atoms with Gasteiger partial charge < -0.3 is 14.7 Å². The number of aromatic hydroxyl groups is 1. The molecule has 0 saturated carbocycles. The molecule has 0 radical (unpaired) electrons. The number of morpholine rings is 1. The van der Waals surface area contributed by atoms with E-state index in [2.05, 4.69) is 0 Å². The van der Waals surface area contributed by atoms with E-state index in [1.54, 1.807) is 4.90 Å². The molecule has 0 aromatic heterocycles. The minimum absolute atomic E-state index is 0.00594. The van der Waals surface area contributed by atoms with Crippen molar-refractivity contribution in [3.63, 3.8) is 0 Å². The number of amides is 1. The third kappa shape index (κ3) is 2.72. The van der Waals surface area contributed by atoms with Gasteiger partial charge in [0.2, 0.25) is 0 Å². The van der Waals surface area contributed by atoms with Gasteiger partial charge in [-0.05, 0) is 18.6 Å². The summed E-state index contributed by atoms with van der Waals surface area (Å²) in [4.78, 5) is 24.0. The van der Waals surface area contributed by atoms with Crippen LogP contribution in [-0.4, -0.2) is 46.6 Å². The zero-order valence-electron chi connectivity index (χ0n) is 11.1. The first-order valence-electron chi connectivity index (χ1n) is 6.40. The molecule has 1 aliphatic heterocycles. The van der Waals surface area contributed by atoms with Crippen molar-refractivity contribution in [2.75, 3.05) is 19.8 Å². The molecule has 0 aliphatic carbocycles. The number of phenolic OH excluding ortho intramolecular Hbond substituents is 1. The highest BCUT2D eigenvalue weighted by atomic mass is 16.6. The van der Waals surface area contributed by atoms with Gasteiger partial charge in [-0.15, -0.1) is 0 Å². The summed E-state index contributed by atoms with van der Waals surface area (Å²) in [7, 11) is 0. The summed E-state index contributed by atoms with van der Waals surface area (Å²) in [5, 5.41) is 20.2. The van der Waals surface area contributed by atoms with Gasteiger partial charge in [-0.25, -0.2) is 0 Å². The molecule has 0 bridgehead atoms. The van der Waals surface area contributed by atoms with Crippen molar-refractivity contribution >= 4 is 11.6 Å². The second-order valence-electron chi connectivity index (χ2n) is 4.60. The lowest BCUT2D eigenvalue weighted by Gasteiger charge is -2.35. The Morgan fingerprint density at radius 1 is 1.60 bits per heavy atom. The molecule has 1 heterocycles. The summed E-state index contributed by atoms with van der Waals surface area (Å²) >= 11 is 0. The summed E-state index contributed by atoms with van der Waals surface area (Å²) < 4.78 is 5.33. The molecule has 1 saturated heterocycles. The van der Waals surface area contributed by atoms with Gasteiger partial charge in [0.25, 0.3) is 5.91 Å². The number of hydrogen-bond acceptors (Lipinski definition) is 5. The number of hydrogen-bond donors (Lipinski definition) is 1. The van der Waals surface area contributed by atoms with E-state index in [1.807, 2.05) is 6.92 Å². The molecule has 1 aromatic rings. The van der Waals surface area contributed by atoms with Crippen molar-refractivity contribution in [3.8, 4) is 5.75 Å². The fourth-order valence-electron chi connectivity index (χ4n) is 2.24. The number of nitro benzene ring substituents is 1. The van der Waals surface area contributed by atoms with E-state index in [0.29, 0.717) is 19.8 Å². The van der Waals surface area contributed by atoms with Crippen molar-refractivity contribution in [1.82, 2.24) is 4.90 Å². The van der Waals surface area contributed by atoms with Gasteiger partial charge in [0.15, 0.2) is 5.75 Å².